The first-order valence-electron chi connectivity index (χ1n) is 11.3. The molecule has 0 fully saturated rings. The van der Waals surface area contributed by atoms with E-state index in [1.807, 2.05) is 25.5 Å². The molecule has 5 aromatic rings. The number of fused-ring (bicyclic) bond motifs is 1. The lowest BCUT2D eigenvalue weighted by molar-refractivity contribution is 0.0827. The average Bonchev–Trinajstić information content (AvgIpc) is 3.44. The van der Waals surface area contributed by atoms with Crippen LogP contribution in [-0.2, 0) is 13.6 Å². The Labute approximate surface area is 212 Å². The van der Waals surface area contributed by atoms with Crippen molar-refractivity contribution in [1.82, 2.24) is 24.2 Å². The molecular weight excluding hydrogens is 479 g/mol. The van der Waals surface area contributed by atoms with Gasteiger partial charge in [0.25, 0.3) is 5.91 Å². The predicted molar refractivity (Wildman–Crippen MR) is 140 cm³/mol. The molecule has 1 amide bonds. The number of pyridine rings is 1. The van der Waals surface area contributed by atoms with E-state index in [4.69, 9.17) is 11.6 Å². The van der Waals surface area contributed by atoms with E-state index >= 15 is 0 Å². The van der Waals surface area contributed by atoms with Gasteiger partial charge in [0.1, 0.15) is 11.6 Å². The number of carbonyl (C=O) groups excluding carboxylic acids is 1. The molecule has 0 radical (unpaired) electrons. The molecule has 0 aliphatic heterocycles. The lowest BCUT2D eigenvalue weighted by atomic mass is 10.2. The number of rotatable bonds is 6. The van der Waals surface area contributed by atoms with Gasteiger partial charge in [-0.05, 0) is 42.0 Å². The molecule has 3 heterocycles. The Morgan fingerprint density at radius 1 is 1.08 bits per heavy atom. The molecule has 2 aromatic carbocycles. The van der Waals surface area contributed by atoms with Crippen LogP contribution in [-0.4, -0.2) is 44.2 Å². The Morgan fingerprint density at radius 3 is 2.53 bits per heavy atom. The number of anilines is 2. The van der Waals surface area contributed by atoms with Crippen molar-refractivity contribution in [2.24, 2.45) is 7.05 Å². The standard InChI is InChI=1S/C27H24ClFN6O/c1-33(2)27(36)18-6-9-23(22(28)10-18)32-26-12-25-19(13-30-26)11-24(20-14-31-34(3)16-20)35(25)15-17-4-7-21(29)8-5-17/h4-14,16H,15H2,1-3H3,(H,30,32). The van der Waals surface area contributed by atoms with Crippen LogP contribution in [0.5, 0.6) is 0 Å². The number of carbonyl (C=O) groups is 1. The van der Waals surface area contributed by atoms with E-state index in [2.05, 4.69) is 26.0 Å². The fourth-order valence-corrected chi connectivity index (χ4v) is 4.33. The average molecular weight is 503 g/mol. The third-order valence-electron chi connectivity index (χ3n) is 5.93. The first kappa shape index (κ1) is 23.6. The minimum absolute atomic E-state index is 0.121. The minimum atomic E-state index is -0.269. The third-order valence-corrected chi connectivity index (χ3v) is 6.24. The Bertz CT molecular complexity index is 1570. The summed E-state index contributed by atoms with van der Waals surface area (Å²) in [4.78, 5) is 18.3. The van der Waals surface area contributed by atoms with Crippen molar-refractivity contribution in [2.45, 2.75) is 6.54 Å². The second-order valence-electron chi connectivity index (χ2n) is 8.79. The Balaban J connectivity index is 1.54. The summed E-state index contributed by atoms with van der Waals surface area (Å²) < 4.78 is 17.4. The van der Waals surface area contributed by atoms with E-state index in [1.165, 1.54) is 17.0 Å². The number of nitrogens with one attached hydrogen (secondary N) is 1. The monoisotopic (exact) mass is 502 g/mol. The van der Waals surface area contributed by atoms with Crippen LogP contribution in [0.1, 0.15) is 15.9 Å². The summed E-state index contributed by atoms with van der Waals surface area (Å²) >= 11 is 6.48. The highest BCUT2D eigenvalue weighted by atomic mass is 35.5. The molecule has 0 bridgehead atoms. The fourth-order valence-electron chi connectivity index (χ4n) is 4.10. The van der Waals surface area contributed by atoms with Crippen LogP contribution in [0.4, 0.5) is 15.9 Å². The molecule has 0 spiro atoms. The Morgan fingerprint density at radius 2 is 1.86 bits per heavy atom. The topological polar surface area (TPSA) is 68.0 Å². The summed E-state index contributed by atoms with van der Waals surface area (Å²) in [5, 5.41) is 8.96. The molecule has 0 unspecified atom stereocenters. The Kier molecular flexibility index (Phi) is 6.20. The molecule has 0 aliphatic carbocycles. The molecule has 0 saturated heterocycles. The van der Waals surface area contributed by atoms with E-state index in [9.17, 15) is 9.18 Å². The molecule has 182 valence electrons. The summed E-state index contributed by atoms with van der Waals surface area (Å²) in [6.07, 6.45) is 5.58. The zero-order chi connectivity index (χ0) is 25.4. The molecule has 3 aromatic heterocycles. The van der Waals surface area contributed by atoms with Crippen molar-refractivity contribution in [1.29, 1.82) is 0 Å². The number of hydrogen-bond donors (Lipinski definition) is 1. The normalized spacial score (nSPS) is 11.1. The van der Waals surface area contributed by atoms with Gasteiger partial charge in [0.05, 0.1) is 28.1 Å². The lowest BCUT2D eigenvalue weighted by Gasteiger charge is -2.13. The number of hydrogen-bond acceptors (Lipinski definition) is 4. The molecule has 0 atom stereocenters. The first-order valence-corrected chi connectivity index (χ1v) is 11.7. The molecule has 1 N–H and O–H groups in total. The van der Waals surface area contributed by atoms with Crippen LogP contribution >= 0.6 is 11.6 Å². The van der Waals surface area contributed by atoms with Crippen molar-refractivity contribution < 1.29 is 9.18 Å². The molecule has 36 heavy (non-hydrogen) atoms. The number of aromatic nitrogens is 4. The quantitative estimate of drug-likeness (QED) is 0.322. The molecule has 0 saturated carbocycles. The van der Waals surface area contributed by atoms with Crippen molar-refractivity contribution >= 4 is 39.9 Å². The zero-order valence-electron chi connectivity index (χ0n) is 20.0. The van der Waals surface area contributed by atoms with Gasteiger partial charge in [-0.2, -0.15) is 5.10 Å². The summed E-state index contributed by atoms with van der Waals surface area (Å²) in [5.74, 6) is 0.214. The minimum Gasteiger partial charge on any atom is -0.345 e. The SMILES string of the molecule is CN(C)C(=O)c1ccc(Nc2cc3c(cn2)cc(-c2cnn(C)c2)n3Cc2ccc(F)cc2)c(Cl)c1. The summed E-state index contributed by atoms with van der Waals surface area (Å²) in [7, 11) is 5.27. The number of aryl methyl sites for hydroxylation is 1. The largest absolute Gasteiger partial charge is 0.345 e. The molecule has 7 nitrogen and oxygen atoms in total. The van der Waals surface area contributed by atoms with Crippen LogP contribution in [0.15, 0.2) is 73.2 Å². The van der Waals surface area contributed by atoms with Gasteiger partial charge in [-0.3, -0.25) is 9.48 Å². The van der Waals surface area contributed by atoms with Crippen molar-refractivity contribution in [2.75, 3.05) is 19.4 Å². The highest BCUT2D eigenvalue weighted by molar-refractivity contribution is 6.33. The van der Waals surface area contributed by atoms with E-state index < -0.39 is 0 Å². The van der Waals surface area contributed by atoms with Crippen molar-refractivity contribution in [3.63, 3.8) is 0 Å². The van der Waals surface area contributed by atoms with Gasteiger partial charge in [0.15, 0.2) is 0 Å². The number of nitrogens with zero attached hydrogens (tertiary/aromatic N) is 5. The maximum atomic E-state index is 13.5. The lowest BCUT2D eigenvalue weighted by Crippen LogP contribution is -2.21. The summed E-state index contributed by atoms with van der Waals surface area (Å²) in [6.45, 7) is 0.541. The van der Waals surface area contributed by atoms with Gasteiger partial charge in [-0.25, -0.2) is 9.37 Å². The second kappa shape index (κ2) is 9.47. The van der Waals surface area contributed by atoms with Gasteiger partial charge < -0.3 is 14.8 Å². The van der Waals surface area contributed by atoms with Gasteiger partial charge in [-0.1, -0.05) is 23.7 Å². The highest BCUT2D eigenvalue weighted by Crippen LogP contribution is 2.32. The Hall–Kier alpha value is -4.17. The third kappa shape index (κ3) is 4.67. The molecular formula is C27H24ClFN6O. The maximum Gasteiger partial charge on any atom is 0.253 e. The van der Waals surface area contributed by atoms with Crippen LogP contribution in [0.2, 0.25) is 5.02 Å². The fraction of sp³-hybridized carbons (Fsp3) is 0.148. The molecule has 0 aliphatic rings. The van der Waals surface area contributed by atoms with Gasteiger partial charge in [0.2, 0.25) is 0 Å². The van der Waals surface area contributed by atoms with Gasteiger partial charge >= 0.3 is 0 Å². The number of halogens is 2. The molecule has 9 heteroatoms. The van der Waals surface area contributed by atoms with Crippen molar-refractivity contribution in [3.05, 3.63) is 95.2 Å². The van der Waals surface area contributed by atoms with Crippen LogP contribution in [0.3, 0.4) is 0 Å². The maximum absolute atomic E-state index is 13.5. The second-order valence-corrected chi connectivity index (χ2v) is 9.20. The molecule has 5 rings (SSSR count). The van der Waals surface area contributed by atoms with E-state index in [1.54, 1.807) is 55.3 Å². The number of benzene rings is 2. The van der Waals surface area contributed by atoms with Crippen LogP contribution < -0.4 is 5.32 Å². The smallest absolute Gasteiger partial charge is 0.253 e. The van der Waals surface area contributed by atoms with Crippen LogP contribution in [0.25, 0.3) is 22.2 Å². The van der Waals surface area contributed by atoms with Gasteiger partial charge in [-0.15, -0.1) is 0 Å². The predicted octanol–water partition coefficient (Wildman–Crippen LogP) is 5.72. The summed E-state index contributed by atoms with van der Waals surface area (Å²) in [6, 6.07) is 15.7. The van der Waals surface area contributed by atoms with Crippen LogP contribution in [0, 0.1) is 5.82 Å². The van der Waals surface area contributed by atoms with E-state index in [0.717, 1.165) is 27.7 Å². The van der Waals surface area contributed by atoms with E-state index in [0.29, 0.717) is 28.6 Å². The van der Waals surface area contributed by atoms with E-state index in [-0.39, 0.29) is 11.7 Å². The number of amides is 1. The highest BCUT2D eigenvalue weighted by Gasteiger charge is 2.15. The first-order chi connectivity index (χ1) is 17.3. The zero-order valence-corrected chi connectivity index (χ0v) is 20.8. The van der Waals surface area contributed by atoms with Gasteiger partial charge in [0, 0.05) is 62.7 Å². The van der Waals surface area contributed by atoms with Crippen molar-refractivity contribution in [3.8, 4) is 11.3 Å². The summed E-state index contributed by atoms with van der Waals surface area (Å²) in [5.41, 5.74) is 5.01.